The summed E-state index contributed by atoms with van der Waals surface area (Å²) < 4.78 is 0. The summed E-state index contributed by atoms with van der Waals surface area (Å²) >= 11 is 3.73. The van der Waals surface area contributed by atoms with Gasteiger partial charge in [-0.05, 0) is 24.9 Å². The predicted molar refractivity (Wildman–Crippen MR) is 93.9 cm³/mol. The van der Waals surface area contributed by atoms with Gasteiger partial charge in [0.1, 0.15) is 0 Å². The van der Waals surface area contributed by atoms with Crippen LogP contribution in [0, 0.1) is 13.3 Å². The van der Waals surface area contributed by atoms with Gasteiger partial charge < -0.3 is 23.1 Å². The molecule has 0 N–H and O–H groups in total. The molecule has 0 saturated heterocycles. The van der Waals surface area contributed by atoms with Crippen LogP contribution in [0.4, 0.5) is 0 Å². The zero-order chi connectivity index (χ0) is 13.7. The smallest absolute Gasteiger partial charge is 0.668 e. The van der Waals surface area contributed by atoms with Crippen molar-refractivity contribution in [3.8, 4) is 0 Å². The van der Waals surface area contributed by atoms with Gasteiger partial charge in [-0.15, -0.1) is 0 Å². The van der Waals surface area contributed by atoms with Gasteiger partial charge in [-0.1, -0.05) is 29.0 Å². The van der Waals surface area contributed by atoms with Gasteiger partial charge >= 0.3 is 25.8 Å². The molecule has 0 aromatic heterocycles. The van der Waals surface area contributed by atoms with Crippen LogP contribution in [-0.2, 0) is 25.8 Å². The van der Waals surface area contributed by atoms with E-state index in [2.05, 4.69) is 38.3 Å². The maximum atomic E-state index is 4.33. The Labute approximate surface area is 150 Å². The van der Waals surface area contributed by atoms with Gasteiger partial charge in [0.25, 0.3) is 0 Å². The van der Waals surface area contributed by atoms with E-state index in [1.807, 2.05) is 7.05 Å². The summed E-state index contributed by atoms with van der Waals surface area (Å²) in [6.45, 7) is 2.27. The molecule has 19 heavy (non-hydrogen) atoms. The molecule has 1 saturated carbocycles. The number of nitrogens with zero attached hydrogens (tertiary/aromatic N) is 3. The summed E-state index contributed by atoms with van der Waals surface area (Å²) in [7, 11) is 8.93. The van der Waals surface area contributed by atoms with Crippen LogP contribution in [0.25, 0.3) is 15.7 Å². The molecule has 1 rings (SSSR count). The van der Waals surface area contributed by atoms with Crippen LogP contribution in [0.1, 0.15) is 19.3 Å². The zero-order valence-electron chi connectivity index (χ0n) is 13.6. The average Bonchev–Trinajstić information content (AvgIpc) is 2.66. The van der Waals surface area contributed by atoms with Crippen molar-refractivity contribution in [2.45, 2.75) is 24.1 Å². The number of halogens is 1. The Morgan fingerprint density at radius 3 is 1.74 bits per heavy atom. The van der Waals surface area contributed by atoms with Crippen LogP contribution in [0.2, 0.25) is 0 Å². The van der Waals surface area contributed by atoms with Gasteiger partial charge in [-0.2, -0.15) is 35.2 Å². The second kappa shape index (κ2) is 21.9. The van der Waals surface area contributed by atoms with E-state index >= 15 is 0 Å². The van der Waals surface area contributed by atoms with Crippen molar-refractivity contribution in [1.82, 2.24) is 0 Å². The fraction of sp³-hybridized carbons (Fsp3) is 0.923. The Balaban J connectivity index is -0.000000122. The average molecular weight is 519 g/mol. The molecule has 1 fully saturated rings. The maximum Gasteiger partial charge on any atom is 4.00 e. The van der Waals surface area contributed by atoms with Crippen molar-refractivity contribution >= 4 is 24.0 Å². The Hall–Kier alpha value is 1.66. The first-order valence-corrected chi connectivity index (χ1v) is 8.82. The molecule has 0 aromatic carbocycles. The van der Waals surface area contributed by atoms with E-state index in [0.717, 1.165) is 10.7 Å². The van der Waals surface area contributed by atoms with E-state index in [0.29, 0.717) is 0 Å². The molecule has 114 valence electrons. The molecule has 6 heteroatoms. The molecule has 3 nitrogen and oxygen atoms in total. The fourth-order valence-electron chi connectivity index (χ4n) is 1.62. The number of rotatable bonds is 3. The third-order valence-corrected chi connectivity index (χ3v) is 5.29. The molecule has 3 atom stereocenters. The maximum absolute atomic E-state index is 4.33. The normalized spacial score (nSPS) is 21.6. The standard InChI is InChI=1S/C8H16BrNP.2C2H6N.CH3.Hf/c1-10-11(2)6-7-4-3-5-8(7)9;2*1-3-2;;/h7-8H,3-6H2,1-2H3;2*1-2H3;1H3;/q4*-1;+4. The van der Waals surface area contributed by atoms with Gasteiger partial charge in [0.15, 0.2) is 0 Å². The Morgan fingerprint density at radius 2 is 1.47 bits per heavy atom. The van der Waals surface area contributed by atoms with Crippen LogP contribution in [0.3, 0.4) is 0 Å². The summed E-state index contributed by atoms with van der Waals surface area (Å²) in [4.78, 5) is 0.786. The summed E-state index contributed by atoms with van der Waals surface area (Å²) in [5.74, 6) is 0.912. The van der Waals surface area contributed by atoms with E-state index in [9.17, 15) is 0 Å². The third kappa shape index (κ3) is 19.7. The molecule has 0 bridgehead atoms. The molecule has 1 aliphatic rings. The second-order valence-electron chi connectivity index (χ2n) is 4.14. The van der Waals surface area contributed by atoms with Crippen molar-refractivity contribution in [3.05, 3.63) is 23.1 Å². The molecule has 0 amide bonds. The van der Waals surface area contributed by atoms with Crippen LogP contribution in [0.5, 0.6) is 0 Å². The molecular formula is C13H31BrHfN3P. The molecule has 3 unspecified atom stereocenters. The molecule has 0 spiro atoms. The van der Waals surface area contributed by atoms with Gasteiger partial charge in [0.2, 0.25) is 0 Å². The second-order valence-corrected chi connectivity index (χ2v) is 7.40. The van der Waals surface area contributed by atoms with Crippen LogP contribution < -0.4 is 0 Å². The number of hydrogen-bond acceptors (Lipinski definition) is 0. The molecule has 0 aromatic rings. The Bertz CT molecular complexity index is 154. The molecule has 1 aliphatic carbocycles. The predicted octanol–water partition coefficient (Wildman–Crippen LogP) is 5.27. The first-order valence-electron chi connectivity index (χ1n) is 5.98. The van der Waals surface area contributed by atoms with Crippen molar-refractivity contribution in [3.63, 3.8) is 0 Å². The van der Waals surface area contributed by atoms with Crippen molar-refractivity contribution < 1.29 is 25.8 Å². The number of hydrogen-bond donors (Lipinski definition) is 0. The van der Waals surface area contributed by atoms with Crippen molar-refractivity contribution in [2.24, 2.45) is 5.92 Å². The minimum absolute atomic E-state index is 0. The van der Waals surface area contributed by atoms with E-state index in [1.54, 1.807) is 28.2 Å². The minimum atomic E-state index is -0.0210. The Kier molecular flexibility index (Phi) is 33.2. The van der Waals surface area contributed by atoms with E-state index in [-0.39, 0.29) is 41.3 Å². The summed E-state index contributed by atoms with van der Waals surface area (Å²) in [5, 5.41) is 11.3. The van der Waals surface area contributed by atoms with E-state index in [1.165, 1.54) is 25.4 Å². The molecule has 0 radical (unpaired) electrons. The van der Waals surface area contributed by atoms with Gasteiger partial charge in [-0.3, -0.25) is 0 Å². The summed E-state index contributed by atoms with van der Waals surface area (Å²) in [6.07, 6.45) is 5.53. The van der Waals surface area contributed by atoms with Gasteiger partial charge in [0.05, 0.1) is 0 Å². The van der Waals surface area contributed by atoms with Crippen LogP contribution >= 0.6 is 24.0 Å². The molecule has 0 heterocycles. The number of alkyl halides is 1. The van der Waals surface area contributed by atoms with E-state index in [4.69, 9.17) is 0 Å². The minimum Gasteiger partial charge on any atom is -0.668 e. The topological polar surface area (TPSA) is 42.3 Å². The largest absolute Gasteiger partial charge is 4.00 e. The van der Waals surface area contributed by atoms with Crippen molar-refractivity contribution in [2.75, 3.05) is 48.1 Å². The van der Waals surface area contributed by atoms with Gasteiger partial charge in [0, 0.05) is 4.83 Å². The van der Waals surface area contributed by atoms with Crippen LogP contribution in [0.15, 0.2) is 0 Å². The quantitative estimate of drug-likeness (QED) is 0.212. The molecular weight excluding hydrogens is 488 g/mol. The monoisotopic (exact) mass is 519 g/mol. The van der Waals surface area contributed by atoms with Gasteiger partial charge in [-0.25, -0.2) is 8.07 Å². The first-order chi connectivity index (χ1) is 8.06. The Morgan fingerprint density at radius 1 is 1.05 bits per heavy atom. The summed E-state index contributed by atoms with van der Waals surface area (Å²) in [6, 6.07) is 0. The fourth-order valence-corrected chi connectivity index (χ4v) is 3.96. The molecule has 0 aliphatic heterocycles. The van der Waals surface area contributed by atoms with Crippen LogP contribution in [-0.4, -0.2) is 52.9 Å². The summed E-state index contributed by atoms with van der Waals surface area (Å²) in [5.41, 5.74) is 0. The zero-order valence-corrected chi connectivity index (χ0v) is 19.7. The van der Waals surface area contributed by atoms with Crippen molar-refractivity contribution in [1.29, 1.82) is 0 Å². The SMILES string of the molecule is C[N-]C.C[N-]C.C[N-]P(C)CC1CCCC1Br.[CH3-].[Hf+4]. The van der Waals surface area contributed by atoms with E-state index < -0.39 is 0 Å². The third-order valence-electron chi connectivity index (χ3n) is 2.41. The first kappa shape index (κ1) is 28.8.